The maximum Gasteiger partial charge on any atom is 0.250 e. The molecule has 5 nitrogen and oxygen atoms in total. The molecule has 1 N–H and O–H groups in total. The summed E-state index contributed by atoms with van der Waals surface area (Å²) in [6.45, 7) is 4.84. The number of carbonyl (C=O) groups is 1. The molecule has 1 unspecified atom stereocenters. The number of amides is 1. The van der Waals surface area contributed by atoms with Gasteiger partial charge in [-0.2, -0.15) is 5.26 Å². The normalized spacial score (nSPS) is 11.6. The molecule has 0 heterocycles. The van der Waals surface area contributed by atoms with Gasteiger partial charge in [-0.25, -0.2) is 0 Å². The number of nitrogens with zero attached hydrogens (tertiary/aromatic N) is 1. The van der Waals surface area contributed by atoms with Crippen LogP contribution in [-0.4, -0.2) is 31.8 Å². The van der Waals surface area contributed by atoms with E-state index in [4.69, 9.17) is 14.7 Å². The zero-order valence-electron chi connectivity index (χ0n) is 11.2. The highest BCUT2D eigenvalue weighted by molar-refractivity contribution is 5.91. The minimum absolute atomic E-state index is 0.0196. The van der Waals surface area contributed by atoms with Gasteiger partial charge in [0.1, 0.15) is 6.61 Å². The number of hydrogen-bond donors (Lipinski definition) is 1. The van der Waals surface area contributed by atoms with Crippen molar-refractivity contribution in [1.82, 2.24) is 0 Å². The predicted molar refractivity (Wildman–Crippen MR) is 71.7 cm³/mol. The van der Waals surface area contributed by atoms with Crippen LogP contribution >= 0.6 is 0 Å². The second-order valence-corrected chi connectivity index (χ2v) is 4.02. The van der Waals surface area contributed by atoms with Crippen molar-refractivity contribution in [1.29, 1.82) is 5.26 Å². The Hall–Kier alpha value is -1.90. The molecule has 0 radical (unpaired) electrons. The van der Waals surface area contributed by atoms with E-state index in [0.717, 1.165) is 0 Å². The van der Waals surface area contributed by atoms with Gasteiger partial charge >= 0.3 is 0 Å². The first-order valence-electron chi connectivity index (χ1n) is 6.15. The summed E-state index contributed by atoms with van der Waals surface area (Å²) in [5.74, 6) is -0.229. The number of anilines is 1. The fourth-order valence-corrected chi connectivity index (χ4v) is 1.38. The van der Waals surface area contributed by atoms with Crippen molar-refractivity contribution in [3.63, 3.8) is 0 Å². The van der Waals surface area contributed by atoms with Gasteiger partial charge in [0, 0.05) is 12.3 Å². The Labute approximate surface area is 113 Å². The summed E-state index contributed by atoms with van der Waals surface area (Å²) in [6, 6.07) is 8.67. The van der Waals surface area contributed by atoms with Crippen LogP contribution in [-0.2, 0) is 14.3 Å². The Bertz CT molecular complexity index is 437. The standard InChI is InChI=1S/C14H18N2O3/c1-3-18-9-11(2)19-10-14(17)16-13-6-4-12(8-15)5-7-13/h4-7,11H,3,9-10H2,1-2H3,(H,16,17). The molecule has 102 valence electrons. The highest BCUT2D eigenvalue weighted by Gasteiger charge is 2.07. The van der Waals surface area contributed by atoms with Crippen molar-refractivity contribution >= 4 is 11.6 Å². The maximum atomic E-state index is 11.6. The molecule has 0 saturated carbocycles. The number of nitrogens with one attached hydrogen (secondary N) is 1. The van der Waals surface area contributed by atoms with Gasteiger partial charge in [0.15, 0.2) is 0 Å². The summed E-state index contributed by atoms with van der Waals surface area (Å²) in [5, 5.41) is 11.3. The Morgan fingerprint density at radius 2 is 2.11 bits per heavy atom. The lowest BCUT2D eigenvalue weighted by Gasteiger charge is -2.12. The molecule has 0 saturated heterocycles. The summed E-state index contributed by atoms with van der Waals surface area (Å²) >= 11 is 0. The summed E-state index contributed by atoms with van der Waals surface area (Å²) in [4.78, 5) is 11.6. The Morgan fingerprint density at radius 1 is 1.42 bits per heavy atom. The molecule has 1 amide bonds. The average Bonchev–Trinajstić information content (AvgIpc) is 2.43. The summed E-state index contributed by atoms with van der Waals surface area (Å²) in [5.41, 5.74) is 1.20. The van der Waals surface area contributed by atoms with E-state index in [9.17, 15) is 4.79 Å². The van der Waals surface area contributed by atoms with Crippen LogP contribution in [0.2, 0.25) is 0 Å². The highest BCUT2D eigenvalue weighted by Crippen LogP contribution is 2.08. The molecule has 19 heavy (non-hydrogen) atoms. The monoisotopic (exact) mass is 262 g/mol. The van der Waals surface area contributed by atoms with Crippen LogP contribution in [0.5, 0.6) is 0 Å². The molecular weight excluding hydrogens is 244 g/mol. The number of ether oxygens (including phenoxy) is 2. The molecular formula is C14H18N2O3. The predicted octanol–water partition coefficient (Wildman–Crippen LogP) is 1.94. The second-order valence-electron chi connectivity index (χ2n) is 4.02. The van der Waals surface area contributed by atoms with Crippen LogP contribution in [0.15, 0.2) is 24.3 Å². The van der Waals surface area contributed by atoms with Crippen molar-refractivity contribution in [2.24, 2.45) is 0 Å². The fourth-order valence-electron chi connectivity index (χ4n) is 1.38. The van der Waals surface area contributed by atoms with Gasteiger partial charge < -0.3 is 14.8 Å². The van der Waals surface area contributed by atoms with Crippen LogP contribution in [0, 0.1) is 11.3 Å². The average molecular weight is 262 g/mol. The van der Waals surface area contributed by atoms with E-state index in [1.54, 1.807) is 24.3 Å². The van der Waals surface area contributed by atoms with Crippen molar-refractivity contribution in [2.45, 2.75) is 20.0 Å². The van der Waals surface area contributed by atoms with Crippen LogP contribution < -0.4 is 5.32 Å². The molecule has 1 aromatic carbocycles. The van der Waals surface area contributed by atoms with Crippen molar-refractivity contribution in [3.05, 3.63) is 29.8 Å². The lowest BCUT2D eigenvalue weighted by Crippen LogP contribution is -2.24. The molecule has 1 rings (SSSR count). The van der Waals surface area contributed by atoms with Crippen LogP contribution in [0.4, 0.5) is 5.69 Å². The Balaban J connectivity index is 2.32. The van der Waals surface area contributed by atoms with Crippen LogP contribution in [0.3, 0.4) is 0 Å². The van der Waals surface area contributed by atoms with Gasteiger partial charge in [-0.05, 0) is 38.1 Å². The summed E-state index contributed by atoms with van der Waals surface area (Å²) in [7, 11) is 0. The lowest BCUT2D eigenvalue weighted by atomic mass is 10.2. The smallest absolute Gasteiger partial charge is 0.250 e. The topological polar surface area (TPSA) is 71.3 Å². The molecule has 5 heteroatoms. The van der Waals surface area contributed by atoms with Crippen molar-refractivity contribution < 1.29 is 14.3 Å². The maximum absolute atomic E-state index is 11.6. The molecule has 1 aromatic rings. The number of rotatable bonds is 7. The zero-order valence-corrected chi connectivity index (χ0v) is 11.2. The SMILES string of the molecule is CCOCC(C)OCC(=O)Nc1ccc(C#N)cc1. The molecule has 0 aliphatic carbocycles. The first-order valence-corrected chi connectivity index (χ1v) is 6.15. The highest BCUT2D eigenvalue weighted by atomic mass is 16.5. The van der Waals surface area contributed by atoms with E-state index in [2.05, 4.69) is 5.32 Å². The molecule has 0 aliphatic heterocycles. The van der Waals surface area contributed by atoms with Crippen LogP contribution in [0.25, 0.3) is 0 Å². The van der Waals surface area contributed by atoms with Gasteiger partial charge in [-0.15, -0.1) is 0 Å². The van der Waals surface area contributed by atoms with Crippen molar-refractivity contribution in [2.75, 3.05) is 25.1 Å². The number of benzene rings is 1. The third kappa shape index (κ3) is 6.00. The van der Waals surface area contributed by atoms with E-state index < -0.39 is 0 Å². The summed E-state index contributed by atoms with van der Waals surface area (Å²) in [6.07, 6.45) is -0.119. The third-order valence-corrected chi connectivity index (χ3v) is 2.35. The molecule has 0 aliphatic rings. The van der Waals surface area contributed by atoms with E-state index in [-0.39, 0.29) is 18.6 Å². The summed E-state index contributed by atoms with van der Waals surface area (Å²) < 4.78 is 10.5. The Morgan fingerprint density at radius 3 is 2.68 bits per heavy atom. The van der Waals surface area contributed by atoms with E-state index in [1.165, 1.54) is 0 Å². The van der Waals surface area contributed by atoms with Gasteiger partial charge in [0.25, 0.3) is 0 Å². The number of hydrogen-bond acceptors (Lipinski definition) is 4. The first-order chi connectivity index (χ1) is 9.15. The van der Waals surface area contributed by atoms with Crippen molar-refractivity contribution in [3.8, 4) is 6.07 Å². The minimum atomic E-state index is -0.229. The largest absolute Gasteiger partial charge is 0.379 e. The molecule has 1 atom stereocenters. The first kappa shape index (κ1) is 15.2. The second kappa shape index (κ2) is 8.25. The fraction of sp³-hybridized carbons (Fsp3) is 0.429. The van der Waals surface area contributed by atoms with Gasteiger partial charge in [-0.1, -0.05) is 0 Å². The van der Waals surface area contributed by atoms with Gasteiger partial charge in [0.2, 0.25) is 5.91 Å². The molecule has 0 spiro atoms. The van der Waals surface area contributed by atoms with Gasteiger partial charge in [0.05, 0.1) is 24.3 Å². The van der Waals surface area contributed by atoms with E-state index >= 15 is 0 Å². The molecule has 0 fully saturated rings. The molecule has 0 aromatic heterocycles. The van der Waals surface area contributed by atoms with Gasteiger partial charge in [-0.3, -0.25) is 4.79 Å². The third-order valence-electron chi connectivity index (χ3n) is 2.35. The van der Waals surface area contributed by atoms with E-state index in [0.29, 0.717) is 24.5 Å². The quantitative estimate of drug-likeness (QED) is 0.815. The number of nitriles is 1. The van der Waals surface area contributed by atoms with Crippen LogP contribution in [0.1, 0.15) is 19.4 Å². The zero-order chi connectivity index (χ0) is 14.1. The van der Waals surface area contributed by atoms with E-state index in [1.807, 2.05) is 19.9 Å². The minimum Gasteiger partial charge on any atom is -0.379 e. The number of carbonyl (C=O) groups excluding carboxylic acids is 1. The lowest BCUT2D eigenvalue weighted by molar-refractivity contribution is -0.123. The molecule has 0 bridgehead atoms. The Kier molecular flexibility index (Phi) is 6.58.